The average Bonchev–Trinajstić information content (AvgIpc) is 3.07. The monoisotopic (exact) mass is 412 g/mol. The predicted octanol–water partition coefficient (Wildman–Crippen LogP) is 3.15. The van der Waals surface area contributed by atoms with Gasteiger partial charge in [0.15, 0.2) is 0 Å². The van der Waals surface area contributed by atoms with Gasteiger partial charge < -0.3 is 4.74 Å². The zero-order valence-corrected chi connectivity index (χ0v) is 15.3. The van der Waals surface area contributed by atoms with Crippen LogP contribution in [0.3, 0.4) is 0 Å². The van der Waals surface area contributed by atoms with Crippen LogP contribution >= 0.6 is 0 Å². The van der Waals surface area contributed by atoms with E-state index in [1.165, 1.54) is 54.5 Å². The Bertz CT molecular complexity index is 1060. The van der Waals surface area contributed by atoms with Gasteiger partial charge in [0.05, 0.1) is 24.1 Å². The van der Waals surface area contributed by atoms with Crippen molar-refractivity contribution in [2.75, 3.05) is 11.8 Å². The lowest BCUT2D eigenvalue weighted by Gasteiger charge is -2.08. The third kappa shape index (κ3) is 4.60. The lowest BCUT2D eigenvalue weighted by Crippen LogP contribution is -2.14. The SMILES string of the molecule is COc1ccc(S(=O)(=O)Nc2ncn(Cc3cccc(C(F)(F)F)c3)n2)cc1. The number of anilines is 1. The smallest absolute Gasteiger partial charge is 0.416 e. The highest BCUT2D eigenvalue weighted by atomic mass is 32.2. The van der Waals surface area contributed by atoms with Gasteiger partial charge in [-0.05, 0) is 42.0 Å². The number of hydrogen-bond donors (Lipinski definition) is 1. The van der Waals surface area contributed by atoms with Gasteiger partial charge in [0.1, 0.15) is 12.1 Å². The van der Waals surface area contributed by atoms with Gasteiger partial charge in [-0.2, -0.15) is 18.2 Å². The summed E-state index contributed by atoms with van der Waals surface area (Å²) in [4.78, 5) is 3.83. The van der Waals surface area contributed by atoms with E-state index in [0.29, 0.717) is 11.3 Å². The van der Waals surface area contributed by atoms with Crippen molar-refractivity contribution in [3.63, 3.8) is 0 Å². The lowest BCUT2D eigenvalue weighted by molar-refractivity contribution is -0.137. The Balaban J connectivity index is 1.73. The zero-order chi connectivity index (χ0) is 20.4. The molecule has 0 aliphatic carbocycles. The van der Waals surface area contributed by atoms with Crippen LogP contribution in [0.4, 0.5) is 19.1 Å². The van der Waals surface area contributed by atoms with E-state index in [2.05, 4.69) is 14.8 Å². The van der Waals surface area contributed by atoms with E-state index in [-0.39, 0.29) is 17.4 Å². The van der Waals surface area contributed by atoms with Crippen molar-refractivity contribution in [2.45, 2.75) is 17.6 Å². The van der Waals surface area contributed by atoms with E-state index in [1.807, 2.05) is 0 Å². The maximum atomic E-state index is 12.8. The van der Waals surface area contributed by atoms with Gasteiger partial charge in [-0.1, -0.05) is 12.1 Å². The molecular formula is C17H15F3N4O3S. The molecule has 0 radical (unpaired) electrons. The van der Waals surface area contributed by atoms with Gasteiger partial charge in [0.25, 0.3) is 16.0 Å². The Morgan fingerprint density at radius 1 is 1.14 bits per heavy atom. The molecule has 0 fully saturated rings. The van der Waals surface area contributed by atoms with Crippen molar-refractivity contribution >= 4 is 16.0 Å². The fourth-order valence-corrected chi connectivity index (χ4v) is 3.33. The molecule has 3 rings (SSSR count). The molecule has 7 nitrogen and oxygen atoms in total. The van der Waals surface area contributed by atoms with Gasteiger partial charge >= 0.3 is 6.18 Å². The Morgan fingerprint density at radius 2 is 1.86 bits per heavy atom. The van der Waals surface area contributed by atoms with E-state index in [0.717, 1.165) is 12.1 Å². The molecule has 0 spiro atoms. The largest absolute Gasteiger partial charge is 0.497 e. The molecule has 0 unspecified atom stereocenters. The number of benzene rings is 2. The molecule has 28 heavy (non-hydrogen) atoms. The topological polar surface area (TPSA) is 86.1 Å². The molecule has 0 amide bonds. The minimum Gasteiger partial charge on any atom is -0.497 e. The van der Waals surface area contributed by atoms with Gasteiger partial charge in [0.2, 0.25) is 0 Å². The lowest BCUT2D eigenvalue weighted by atomic mass is 10.1. The van der Waals surface area contributed by atoms with Crippen LogP contribution < -0.4 is 9.46 Å². The molecule has 0 atom stereocenters. The van der Waals surface area contributed by atoms with Crippen LogP contribution in [0.15, 0.2) is 59.8 Å². The number of methoxy groups -OCH3 is 1. The number of sulfonamides is 1. The third-order valence-corrected chi connectivity index (χ3v) is 5.07. The highest BCUT2D eigenvalue weighted by Crippen LogP contribution is 2.29. The molecular weight excluding hydrogens is 397 g/mol. The van der Waals surface area contributed by atoms with Crippen LogP contribution in [0, 0.1) is 0 Å². The fraction of sp³-hybridized carbons (Fsp3) is 0.176. The minimum atomic E-state index is -4.45. The molecule has 0 bridgehead atoms. The molecule has 2 aromatic carbocycles. The number of halogens is 3. The summed E-state index contributed by atoms with van der Waals surface area (Å²) in [6, 6.07) is 10.5. The summed E-state index contributed by atoms with van der Waals surface area (Å²) in [6.45, 7) is 0.00117. The number of ether oxygens (including phenoxy) is 1. The van der Waals surface area contributed by atoms with E-state index >= 15 is 0 Å². The zero-order valence-electron chi connectivity index (χ0n) is 14.5. The van der Waals surface area contributed by atoms with Crippen LogP contribution in [-0.4, -0.2) is 30.3 Å². The Morgan fingerprint density at radius 3 is 2.50 bits per heavy atom. The number of rotatable bonds is 6. The number of alkyl halides is 3. The molecule has 148 valence electrons. The summed E-state index contributed by atoms with van der Waals surface area (Å²) < 4.78 is 71.5. The van der Waals surface area contributed by atoms with E-state index in [4.69, 9.17) is 4.74 Å². The van der Waals surface area contributed by atoms with E-state index in [1.54, 1.807) is 0 Å². The van der Waals surface area contributed by atoms with E-state index < -0.39 is 21.8 Å². The molecule has 0 saturated carbocycles. The molecule has 0 saturated heterocycles. The van der Waals surface area contributed by atoms with Crippen LogP contribution in [-0.2, 0) is 22.7 Å². The first-order chi connectivity index (χ1) is 13.2. The van der Waals surface area contributed by atoms with Crippen molar-refractivity contribution in [2.24, 2.45) is 0 Å². The Hall–Kier alpha value is -3.08. The summed E-state index contributed by atoms with van der Waals surface area (Å²) in [6.07, 6.45) is -3.22. The number of hydrogen-bond acceptors (Lipinski definition) is 5. The van der Waals surface area contributed by atoms with Crippen LogP contribution in [0.1, 0.15) is 11.1 Å². The van der Waals surface area contributed by atoms with E-state index in [9.17, 15) is 21.6 Å². The number of nitrogens with one attached hydrogen (secondary N) is 1. The molecule has 1 N–H and O–H groups in total. The standard InChI is InChI=1S/C17H15F3N4O3S/c1-27-14-5-7-15(8-6-14)28(25,26)23-16-21-11-24(22-16)10-12-3-2-4-13(9-12)17(18,19)20/h2-9,11H,10H2,1H3,(H,22,23). The minimum absolute atomic E-state index is 0.00117. The summed E-state index contributed by atoms with van der Waals surface area (Å²) in [5, 5.41) is 3.95. The maximum absolute atomic E-state index is 12.8. The van der Waals surface area contributed by atoms with Gasteiger partial charge in [0, 0.05) is 0 Å². The molecule has 0 aliphatic heterocycles. The fourth-order valence-electron chi connectivity index (χ4n) is 2.38. The second-order valence-electron chi connectivity index (χ2n) is 5.74. The Labute approximate surface area is 158 Å². The van der Waals surface area contributed by atoms with Gasteiger partial charge in [-0.25, -0.2) is 17.8 Å². The first kappa shape index (κ1) is 19.7. The normalized spacial score (nSPS) is 12.0. The maximum Gasteiger partial charge on any atom is 0.416 e. The highest BCUT2D eigenvalue weighted by Gasteiger charge is 2.30. The summed E-state index contributed by atoms with van der Waals surface area (Å²) in [5.41, 5.74) is -0.421. The number of nitrogens with zero attached hydrogens (tertiary/aromatic N) is 3. The van der Waals surface area contributed by atoms with Gasteiger partial charge in [-0.3, -0.25) is 0 Å². The predicted molar refractivity (Wildman–Crippen MR) is 94.4 cm³/mol. The molecule has 1 heterocycles. The van der Waals surface area contributed by atoms with Crippen molar-refractivity contribution in [3.8, 4) is 5.75 Å². The molecule has 1 aromatic heterocycles. The highest BCUT2D eigenvalue weighted by molar-refractivity contribution is 7.92. The van der Waals surface area contributed by atoms with Crippen LogP contribution in [0.25, 0.3) is 0 Å². The Kier molecular flexibility index (Phi) is 5.27. The van der Waals surface area contributed by atoms with Crippen LogP contribution in [0.5, 0.6) is 5.75 Å². The van der Waals surface area contributed by atoms with Crippen molar-refractivity contribution in [1.29, 1.82) is 0 Å². The van der Waals surface area contributed by atoms with Crippen molar-refractivity contribution in [3.05, 3.63) is 66.0 Å². The number of aromatic nitrogens is 3. The summed E-state index contributed by atoms with van der Waals surface area (Å²) in [7, 11) is -2.46. The van der Waals surface area contributed by atoms with Crippen LogP contribution in [0.2, 0.25) is 0 Å². The molecule has 3 aromatic rings. The summed E-state index contributed by atoms with van der Waals surface area (Å²) in [5.74, 6) is 0.310. The van der Waals surface area contributed by atoms with Gasteiger partial charge in [-0.15, -0.1) is 5.10 Å². The average molecular weight is 412 g/mol. The first-order valence-corrected chi connectivity index (χ1v) is 9.38. The van der Waals surface area contributed by atoms with Crippen molar-refractivity contribution < 1.29 is 26.3 Å². The quantitative estimate of drug-likeness (QED) is 0.672. The second kappa shape index (κ2) is 7.50. The third-order valence-electron chi connectivity index (χ3n) is 3.73. The molecule has 0 aliphatic rings. The van der Waals surface area contributed by atoms with Crippen molar-refractivity contribution in [1.82, 2.24) is 14.8 Å². The second-order valence-corrected chi connectivity index (χ2v) is 7.43. The first-order valence-electron chi connectivity index (χ1n) is 7.90. The summed E-state index contributed by atoms with van der Waals surface area (Å²) >= 11 is 0. The molecule has 11 heteroatoms.